The van der Waals surface area contributed by atoms with Gasteiger partial charge >= 0.3 is 0 Å². The molecule has 2 aromatic rings. The zero-order valence-electron chi connectivity index (χ0n) is 8.86. The molecule has 0 aliphatic heterocycles. The quantitative estimate of drug-likeness (QED) is 0.911. The van der Waals surface area contributed by atoms with Gasteiger partial charge in [0.25, 0.3) is 0 Å². The van der Waals surface area contributed by atoms with Gasteiger partial charge in [0.2, 0.25) is 0 Å². The molecule has 0 amide bonds. The minimum Gasteiger partial charge on any atom is -0.507 e. The van der Waals surface area contributed by atoms with E-state index in [4.69, 9.17) is 16.3 Å². The number of benzene rings is 2. The Balaban J connectivity index is 2.02. The first-order chi connectivity index (χ1) is 8.15. The van der Waals surface area contributed by atoms with Gasteiger partial charge in [0, 0.05) is 5.02 Å². The lowest BCUT2D eigenvalue weighted by molar-refractivity contribution is 0.305. The van der Waals surface area contributed by atoms with Crippen molar-refractivity contribution in [2.45, 2.75) is 6.61 Å². The molecular formula is C13H10BrClO2. The summed E-state index contributed by atoms with van der Waals surface area (Å²) in [5, 5.41) is 10.2. The number of ether oxygens (including phenoxy) is 1. The summed E-state index contributed by atoms with van der Waals surface area (Å²) in [7, 11) is 0. The fraction of sp³-hybridized carbons (Fsp3) is 0.0769. The predicted molar refractivity (Wildman–Crippen MR) is 71.6 cm³/mol. The third-order valence-corrected chi connectivity index (χ3v) is 3.15. The van der Waals surface area contributed by atoms with E-state index in [1.54, 1.807) is 36.4 Å². The van der Waals surface area contributed by atoms with Crippen LogP contribution in [0.2, 0.25) is 5.02 Å². The number of phenols is 1. The Morgan fingerprint density at radius 1 is 1.12 bits per heavy atom. The van der Waals surface area contributed by atoms with Crippen LogP contribution >= 0.6 is 27.5 Å². The molecule has 0 bridgehead atoms. The molecule has 0 radical (unpaired) electrons. The SMILES string of the molecule is Oc1cc(COc2ccc(Cl)cc2)ccc1Br. The molecule has 4 heteroatoms. The zero-order valence-corrected chi connectivity index (χ0v) is 11.2. The van der Waals surface area contributed by atoms with Crippen LogP contribution in [-0.2, 0) is 6.61 Å². The van der Waals surface area contributed by atoms with Crippen molar-refractivity contribution in [1.82, 2.24) is 0 Å². The van der Waals surface area contributed by atoms with E-state index in [0.717, 1.165) is 11.3 Å². The van der Waals surface area contributed by atoms with E-state index >= 15 is 0 Å². The zero-order chi connectivity index (χ0) is 12.3. The van der Waals surface area contributed by atoms with E-state index in [0.29, 0.717) is 16.1 Å². The molecule has 2 aromatic carbocycles. The summed E-state index contributed by atoms with van der Waals surface area (Å²) >= 11 is 9.00. The molecule has 0 atom stereocenters. The molecule has 0 spiro atoms. The summed E-state index contributed by atoms with van der Waals surface area (Å²) < 4.78 is 6.23. The molecule has 0 unspecified atom stereocenters. The first-order valence-electron chi connectivity index (χ1n) is 5.01. The fourth-order valence-corrected chi connectivity index (χ4v) is 1.72. The van der Waals surface area contributed by atoms with E-state index in [2.05, 4.69) is 15.9 Å². The summed E-state index contributed by atoms with van der Waals surface area (Å²) in [6.45, 7) is 0.405. The summed E-state index contributed by atoms with van der Waals surface area (Å²) in [6.07, 6.45) is 0. The van der Waals surface area contributed by atoms with Crippen LogP contribution in [0.5, 0.6) is 11.5 Å². The van der Waals surface area contributed by atoms with E-state index < -0.39 is 0 Å². The first kappa shape index (κ1) is 12.3. The van der Waals surface area contributed by atoms with Gasteiger partial charge in [0.1, 0.15) is 18.1 Å². The summed E-state index contributed by atoms with van der Waals surface area (Å²) in [5.41, 5.74) is 0.903. The van der Waals surface area contributed by atoms with Crippen molar-refractivity contribution < 1.29 is 9.84 Å². The highest BCUT2D eigenvalue weighted by Crippen LogP contribution is 2.25. The fourth-order valence-electron chi connectivity index (χ4n) is 1.35. The minimum absolute atomic E-state index is 0.210. The van der Waals surface area contributed by atoms with Gasteiger partial charge in [-0.05, 0) is 57.9 Å². The Bertz CT molecular complexity index is 511. The molecule has 0 aromatic heterocycles. The highest BCUT2D eigenvalue weighted by Gasteiger charge is 2.01. The van der Waals surface area contributed by atoms with Gasteiger partial charge in [0.15, 0.2) is 0 Å². The second-order valence-corrected chi connectivity index (χ2v) is 4.82. The van der Waals surface area contributed by atoms with Crippen LogP contribution in [0.3, 0.4) is 0 Å². The van der Waals surface area contributed by atoms with Crippen molar-refractivity contribution in [3.8, 4) is 11.5 Å². The molecule has 0 aliphatic carbocycles. The van der Waals surface area contributed by atoms with Crippen molar-refractivity contribution >= 4 is 27.5 Å². The van der Waals surface area contributed by atoms with Crippen molar-refractivity contribution in [2.75, 3.05) is 0 Å². The van der Waals surface area contributed by atoms with Crippen LogP contribution < -0.4 is 4.74 Å². The molecule has 0 saturated carbocycles. The normalized spacial score (nSPS) is 10.2. The molecule has 0 saturated heterocycles. The maximum atomic E-state index is 9.51. The van der Waals surface area contributed by atoms with Gasteiger partial charge in [0.05, 0.1) is 4.47 Å². The number of hydrogen-bond acceptors (Lipinski definition) is 2. The van der Waals surface area contributed by atoms with Crippen molar-refractivity contribution in [3.05, 3.63) is 57.5 Å². The molecular weight excluding hydrogens is 303 g/mol. The van der Waals surface area contributed by atoms with Gasteiger partial charge in [-0.1, -0.05) is 17.7 Å². The first-order valence-corrected chi connectivity index (χ1v) is 6.18. The standard InChI is InChI=1S/C13H10BrClO2/c14-12-6-1-9(7-13(12)16)8-17-11-4-2-10(15)3-5-11/h1-7,16H,8H2. The number of rotatable bonds is 3. The molecule has 0 aliphatic rings. The molecule has 1 N–H and O–H groups in total. The van der Waals surface area contributed by atoms with Crippen LogP contribution in [0.4, 0.5) is 0 Å². The molecule has 2 rings (SSSR count). The van der Waals surface area contributed by atoms with E-state index in [9.17, 15) is 5.11 Å². The van der Waals surface area contributed by atoms with E-state index in [1.807, 2.05) is 6.07 Å². The Hall–Kier alpha value is -1.19. The van der Waals surface area contributed by atoms with Gasteiger partial charge < -0.3 is 9.84 Å². The third kappa shape index (κ3) is 3.38. The molecule has 0 fully saturated rings. The third-order valence-electron chi connectivity index (χ3n) is 2.23. The maximum Gasteiger partial charge on any atom is 0.130 e. The molecule has 2 nitrogen and oxygen atoms in total. The lowest BCUT2D eigenvalue weighted by atomic mass is 10.2. The predicted octanol–water partition coefficient (Wildman–Crippen LogP) is 4.39. The van der Waals surface area contributed by atoms with Crippen molar-refractivity contribution in [1.29, 1.82) is 0 Å². The lowest BCUT2D eigenvalue weighted by Gasteiger charge is -2.07. The summed E-state index contributed by atoms with van der Waals surface area (Å²) in [6, 6.07) is 12.5. The monoisotopic (exact) mass is 312 g/mol. The highest BCUT2D eigenvalue weighted by molar-refractivity contribution is 9.10. The number of phenolic OH excluding ortho intramolecular Hbond substituents is 1. The smallest absolute Gasteiger partial charge is 0.130 e. The minimum atomic E-state index is 0.210. The largest absolute Gasteiger partial charge is 0.507 e. The molecule has 88 valence electrons. The van der Waals surface area contributed by atoms with Crippen LogP contribution in [0.15, 0.2) is 46.9 Å². The van der Waals surface area contributed by atoms with Gasteiger partial charge in [-0.15, -0.1) is 0 Å². The Morgan fingerprint density at radius 3 is 2.47 bits per heavy atom. The summed E-state index contributed by atoms with van der Waals surface area (Å²) in [5.74, 6) is 0.957. The van der Waals surface area contributed by atoms with Crippen molar-refractivity contribution in [3.63, 3.8) is 0 Å². The van der Waals surface area contributed by atoms with E-state index in [-0.39, 0.29) is 5.75 Å². The van der Waals surface area contributed by atoms with Gasteiger partial charge in [-0.3, -0.25) is 0 Å². The second kappa shape index (κ2) is 5.43. The van der Waals surface area contributed by atoms with Gasteiger partial charge in [-0.2, -0.15) is 0 Å². The topological polar surface area (TPSA) is 29.5 Å². The van der Waals surface area contributed by atoms with E-state index in [1.165, 1.54) is 0 Å². The van der Waals surface area contributed by atoms with Crippen LogP contribution in [0.1, 0.15) is 5.56 Å². The number of aromatic hydroxyl groups is 1. The molecule has 17 heavy (non-hydrogen) atoms. The highest BCUT2D eigenvalue weighted by atomic mass is 79.9. The van der Waals surface area contributed by atoms with Crippen LogP contribution in [0.25, 0.3) is 0 Å². The Labute approximate surface area is 113 Å². The second-order valence-electron chi connectivity index (χ2n) is 3.53. The lowest BCUT2D eigenvalue weighted by Crippen LogP contribution is -1.94. The average Bonchev–Trinajstić information content (AvgIpc) is 2.33. The van der Waals surface area contributed by atoms with Crippen molar-refractivity contribution in [2.24, 2.45) is 0 Å². The Morgan fingerprint density at radius 2 is 1.82 bits per heavy atom. The average molecular weight is 314 g/mol. The number of halogens is 2. The molecule has 0 heterocycles. The number of hydrogen-bond donors (Lipinski definition) is 1. The summed E-state index contributed by atoms with van der Waals surface area (Å²) in [4.78, 5) is 0. The van der Waals surface area contributed by atoms with Gasteiger partial charge in [-0.25, -0.2) is 0 Å². The Kier molecular flexibility index (Phi) is 3.92. The van der Waals surface area contributed by atoms with Crippen LogP contribution in [-0.4, -0.2) is 5.11 Å². The maximum absolute atomic E-state index is 9.51. The van der Waals surface area contributed by atoms with Crippen LogP contribution in [0, 0.1) is 0 Å².